The molecule has 3 rings (SSSR count). The van der Waals surface area contributed by atoms with Crippen molar-refractivity contribution in [2.24, 2.45) is 5.73 Å². The SMILES string of the molecule is COc1cccc(-c2csc(-c3cc(C(=N)N)[s+](SC)c3)n2)c1.Cl. The van der Waals surface area contributed by atoms with Crippen LogP contribution >= 0.6 is 44.0 Å². The van der Waals surface area contributed by atoms with Gasteiger partial charge in [0.05, 0.1) is 27.9 Å². The molecule has 0 bridgehead atoms. The predicted molar refractivity (Wildman–Crippen MR) is 109 cm³/mol. The number of methoxy groups -OCH3 is 1. The number of hydrogen-bond acceptors (Lipinski definition) is 5. The summed E-state index contributed by atoms with van der Waals surface area (Å²) in [4.78, 5) is 5.61. The second kappa shape index (κ2) is 8.02. The van der Waals surface area contributed by atoms with Gasteiger partial charge in [0.2, 0.25) is 4.88 Å². The molecule has 0 saturated heterocycles. The summed E-state index contributed by atoms with van der Waals surface area (Å²) in [6.07, 6.45) is 2.03. The number of nitrogens with two attached hydrogens (primary N) is 1. The Morgan fingerprint density at radius 3 is 2.75 bits per heavy atom. The first-order valence-corrected chi connectivity index (χ1v) is 10.7. The second-order valence-electron chi connectivity index (χ2n) is 4.73. The fraction of sp³-hybridized carbons (Fsp3) is 0.125. The van der Waals surface area contributed by atoms with Crippen LogP contribution in [0.2, 0.25) is 0 Å². The summed E-state index contributed by atoms with van der Waals surface area (Å²) in [5.41, 5.74) is 8.69. The van der Waals surface area contributed by atoms with E-state index in [1.165, 1.54) is 0 Å². The van der Waals surface area contributed by atoms with Crippen LogP contribution in [0, 0.1) is 5.41 Å². The lowest BCUT2D eigenvalue weighted by atomic mass is 10.1. The molecule has 4 nitrogen and oxygen atoms in total. The first kappa shape index (κ1) is 18.8. The van der Waals surface area contributed by atoms with Crippen LogP contribution in [-0.4, -0.2) is 24.2 Å². The fourth-order valence-corrected chi connectivity index (χ4v) is 5.89. The lowest BCUT2D eigenvalue weighted by Crippen LogP contribution is -2.09. The molecule has 2 heterocycles. The molecule has 0 amide bonds. The van der Waals surface area contributed by atoms with E-state index in [9.17, 15) is 0 Å². The summed E-state index contributed by atoms with van der Waals surface area (Å²) in [5, 5.41) is 12.8. The zero-order valence-electron chi connectivity index (χ0n) is 13.1. The van der Waals surface area contributed by atoms with Gasteiger partial charge < -0.3 is 10.5 Å². The van der Waals surface area contributed by atoms with Crippen LogP contribution in [0.3, 0.4) is 0 Å². The van der Waals surface area contributed by atoms with E-state index < -0.39 is 0 Å². The maximum absolute atomic E-state index is 7.70. The minimum Gasteiger partial charge on any atom is -0.497 e. The quantitative estimate of drug-likeness (QED) is 0.272. The Bertz CT molecular complexity index is 860. The Balaban J connectivity index is 0.00000208. The molecule has 0 aliphatic carbocycles. The molecule has 8 heteroatoms. The van der Waals surface area contributed by atoms with Gasteiger partial charge in [-0.1, -0.05) is 12.1 Å². The van der Waals surface area contributed by atoms with Crippen molar-refractivity contribution in [2.75, 3.05) is 13.4 Å². The Labute approximate surface area is 157 Å². The molecule has 3 N–H and O–H groups in total. The topological polar surface area (TPSA) is 72.0 Å². The van der Waals surface area contributed by atoms with Gasteiger partial charge >= 0.3 is 0 Å². The van der Waals surface area contributed by atoms with E-state index in [4.69, 9.17) is 20.9 Å². The fourth-order valence-electron chi connectivity index (χ4n) is 2.17. The molecule has 126 valence electrons. The van der Waals surface area contributed by atoms with E-state index in [-0.39, 0.29) is 27.7 Å². The molecule has 0 saturated carbocycles. The Hall–Kier alpha value is -1.54. The van der Waals surface area contributed by atoms with E-state index in [0.717, 1.165) is 32.5 Å². The molecule has 0 aliphatic rings. The molecular weight excluding hydrogens is 382 g/mol. The minimum absolute atomic E-state index is 0. The molecule has 3 aromatic rings. The van der Waals surface area contributed by atoms with Gasteiger partial charge in [0.15, 0.2) is 11.2 Å². The van der Waals surface area contributed by atoms with E-state index in [2.05, 4.69) is 5.38 Å². The maximum Gasteiger partial charge on any atom is 0.228 e. The molecule has 1 aromatic carbocycles. The maximum atomic E-state index is 7.70. The molecule has 2 aromatic heterocycles. The third kappa shape index (κ3) is 3.75. The van der Waals surface area contributed by atoms with E-state index in [1.807, 2.05) is 42.0 Å². The molecule has 24 heavy (non-hydrogen) atoms. The number of hydrogen-bond donors (Lipinski definition) is 2. The summed E-state index contributed by atoms with van der Waals surface area (Å²) in [6, 6.07) is 9.86. The van der Waals surface area contributed by atoms with Crippen molar-refractivity contribution >= 4 is 49.9 Å². The number of amidine groups is 1. The van der Waals surface area contributed by atoms with Crippen molar-refractivity contribution in [1.29, 1.82) is 5.41 Å². The zero-order valence-corrected chi connectivity index (χ0v) is 16.4. The standard InChI is InChI=1S/C16H16N3OS3.ClH/c1-20-12-5-3-4-10(6-12)13-8-22-16(19-13)11-7-14(15(17)18)23(9-11)21-2;/h3-9H,1-2H3,(H3,17,18);1H/q+1;. The largest absolute Gasteiger partial charge is 0.497 e. The molecule has 1 unspecified atom stereocenters. The lowest BCUT2D eigenvalue weighted by molar-refractivity contribution is 0.415. The monoisotopic (exact) mass is 398 g/mol. The molecule has 0 fully saturated rings. The first-order valence-electron chi connectivity index (χ1n) is 6.78. The number of nitrogens with one attached hydrogen (secondary N) is 1. The number of ether oxygens (including phenoxy) is 1. The number of benzene rings is 1. The Morgan fingerprint density at radius 2 is 2.12 bits per heavy atom. The van der Waals surface area contributed by atoms with Crippen molar-refractivity contribution in [3.63, 3.8) is 0 Å². The third-order valence-electron chi connectivity index (χ3n) is 3.30. The Morgan fingerprint density at radius 1 is 1.33 bits per heavy atom. The number of rotatable bonds is 5. The zero-order chi connectivity index (χ0) is 16.4. The summed E-state index contributed by atoms with van der Waals surface area (Å²) in [7, 11) is 3.20. The highest BCUT2D eigenvalue weighted by Gasteiger charge is 2.22. The summed E-state index contributed by atoms with van der Waals surface area (Å²) in [5.74, 6) is 0.957. The highest BCUT2D eigenvalue weighted by atomic mass is 35.5. The van der Waals surface area contributed by atoms with Crippen molar-refractivity contribution in [1.82, 2.24) is 4.98 Å². The number of thiazole rings is 1. The molecule has 0 spiro atoms. The van der Waals surface area contributed by atoms with Crippen molar-refractivity contribution in [2.45, 2.75) is 0 Å². The van der Waals surface area contributed by atoms with E-state index in [0.29, 0.717) is 0 Å². The van der Waals surface area contributed by atoms with Crippen LogP contribution in [0.4, 0.5) is 0 Å². The number of thiophene rings is 1. The molecule has 0 aliphatic heterocycles. The number of halogens is 1. The minimum atomic E-state index is -0.160. The first-order chi connectivity index (χ1) is 11.1. The average molecular weight is 399 g/mol. The normalized spacial score (nSPS) is 11.0. The van der Waals surface area contributed by atoms with Gasteiger partial charge in [0.1, 0.15) is 21.6 Å². The second-order valence-corrected chi connectivity index (χ2v) is 9.27. The van der Waals surface area contributed by atoms with Gasteiger partial charge in [-0.3, -0.25) is 5.41 Å². The molecule has 0 radical (unpaired) electrons. The van der Waals surface area contributed by atoms with E-state index in [1.54, 1.807) is 29.2 Å². The third-order valence-corrected chi connectivity index (χ3v) is 7.69. The Kier molecular flexibility index (Phi) is 6.28. The van der Waals surface area contributed by atoms with Gasteiger partial charge in [-0.2, -0.15) is 0 Å². The van der Waals surface area contributed by atoms with Crippen LogP contribution in [0.5, 0.6) is 5.75 Å². The van der Waals surface area contributed by atoms with Crippen LogP contribution in [0.25, 0.3) is 21.8 Å². The van der Waals surface area contributed by atoms with Crippen LogP contribution < -0.4 is 10.5 Å². The summed E-state index contributed by atoms with van der Waals surface area (Å²) < 4.78 is 5.27. The number of nitrogens with zero attached hydrogens (tertiary/aromatic N) is 1. The van der Waals surface area contributed by atoms with Crippen LogP contribution in [-0.2, 0) is 0 Å². The predicted octanol–water partition coefficient (Wildman–Crippen LogP) is 5.07. The highest BCUT2D eigenvalue weighted by molar-refractivity contribution is 8.45. The van der Waals surface area contributed by atoms with Gasteiger partial charge in [0, 0.05) is 23.3 Å². The summed E-state index contributed by atoms with van der Waals surface area (Å²) >= 11 is 1.60. The van der Waals surface area contributed by atoms with Crippen molar-refractivity contribution in [3.05, 3.63) is 46.0 Å². The van der Waals surface area contributed by atoms with Gasteiger partial charge in [-0.05, 0) is 12.1 Å². The average Bonchev–Trinajstić information content (AvgIpc) is 3.21. The van der Waals surface area contributed by atoms with E-state index >= 15 is 0 Å². The summed E-state index contributed by atoms with van der Waals surface area (Å²) in [6.45, 7) is 0. The number of aromatic nitrogens is 1. The molecular formula is C16H17ClN3OS3+. The molecule has 1 atom stereocenters. The van der Waals surface area contributed by atoms with Gasteiger partial charge in [-0.15, -0.1) is 23.7 Å². The van der Waals surface area contributed by atoms with Crippen LogP contribution in [0.1, 0.15) is 4.88 Å². The van der Waals surface area contributed by atoms with Crippen molar-refractivity contribution < 1.29 is 4.74 Å². The van der Waals surface area contributed by atoms with Crippen LogP contribution in [0.15, 0.2) is 41.1 Å². The van der Waals surface area contributed by atoms with Gasteiger partial charge in [-0.25, -0.2) is 4.98 Å². The van der Waals surface area contributed by atoms with Crippen molar-refractivity contribution in [3.8, 4) is 27.6 Å². The highest BCUT2D eigenvalue weighted by Crippen LogP contribution is 2.41. The number of nitrogen functional groups attached to an aromatic ring is 1. The van der Waals surface area contributed by atoms with Gasteiger partial charge in [0.25, 0.3) is 0 Å². The lowest BCUT2D eigenvalue weighted by Gasteiger charge is -2.01. The smallest absolute Gasteiger partial charge is 0.228 e.